The summed E-state index contributed by atoms with van der Waals surface area (Å²) in [6.07, 6.45) is -3.54. The number of benzene rings is 1. The number of nitrogens with one attached hydrogen (secondary N) is 1. The van der Waals surface area contributed by atoms with Gasteiger partial charge in [0.25, 0.3) is 0 Å². The molecule has 0 radical (unpaired) electrons. The predicted octanol–water partition coefficient (Wildman–Crippen LogP) is 2.08. The predicted molar refractivity (Wildman–Crippen MR) is 91.7 cm³/mol. The Bertz CT molecular complexity index is 990. The van der Waals surface area contributed by atoms with Crippen LogP contribution in [0, 0.1) is 11.8 Å². The third-order valence-electron chi connectivity index (χ3n) is 5.18. The summed E-state index contributed by atoms with van der Waals surface area (Å²) < 4.78 is 46.7. The third kappa shape index (κ3) is 3.52. The number of nitrogens with zero attached hydrogens (tertiary/aromatic N) is 1. The van der Waals surface area contributed by atoms with Crippen molar-refractivity contribution >= 4 is 17.8 Å². The van der Waals surface area contributed by atoms with E-state index in [1.807, 2.05) is 0 Å². The van der Waals surface area contributed by atoms with Gasteiger partial charge in [0.05, 0.1) is 24.6 Å². The molecular weight excluding hydrogens is 409 g/mol. The first kappa shape index (κ1) is 20.0. The van der Waals surface area contributed by atoms with Crippen LogP contribution in [-0.2, 0) is 20.9 Å². The van der Waals surface area contributed by atoms with Gasteiger partial charge in [-0.2, -0.15) is 0 Å². The van der Waals surface area contributed by atoms with E-state index in [0.717, 1.165) is 17.0 Å². The molecule has 8 nitrogen and oxygen atoms in total. The second-order valence-corrected chi connectivity index (χ2v) is 6.97. The summed E-state index contributed by atoms with van der Waals surface area (Å²) in [5, 5.41) is 12.3. The Hall–Kier alpha value is -3.34. The van der Waals surface area contributed by atoms with Gasteiger partial charge in [-0.15, -0.1) is 13.2 Å². The Morgan fingerprint density at radius 3 is 2.53 bits per heavy atom. The van der Waals surface area contributed by atoms with Crippen molar-refractivity contribution in [2.75, 3.05) is 0 Å². The molecule has 2 N–H and O–H groups in total. The number of carbonyl (C=O) groups is 3. The Morgan fingerprint density at radius 1 is 1.17 bits per heavy atom. The maximum atomic E-state index is 13.0. The standard InChI is InChI=1S/C19H15F3N2O6/c20-19(21,22)30-10-4-1-3-9(7-10)14-12-13(15(23-14)18(27)28)17(26)24(16(12)25)8-11-5-2-6-29-11/h1-7,12-15,23H,8H2,(H,27,28). The first-order valence-corrected chi connectivity index (χ1v) is 8.88. The largest absolute Gasteiger partial charge is 0.573 e. The van der Waals surface area contributed by atoms with E-state index < -0.39 is 53.8 Å². The van der Waals surface area contributed by atoms with Crippen molar-refractivity contribution in [1.82, 2.24) is 10.2 Å². The first-order valence-electron chi connectivity index (χ1n) is 8.88. The normalized spacial score (nSPS) is 26.2. The van der Waals surface area contributed by atoms with E-state index in [1.165, 1.54) is 18.4 Å². The number of furan rings is 1. The first-order chi connectivity index (χ1) is 14.2. The van der Waals surface area contributed by atoms with Gasteiger partial charge in [-0.05, 0) is 29.8 Å². The van der Waals surface area contributed by atoms with Gasteiger partial charge in [-0.1, -0.05) is 12.1 Å². The molecule has 2 amide bonds. The summed E-state index contributed by atoms with van der Waals surface area (Å²) in [7, 11) is 0. The molecule has 0 spiro atoms. The van der Waals surface area contributed by atoms with Crippen LogP contribution in [0.5, 0.6) is 5.75 Å². The summed E-state index contributed by atoms with van der Waals surface area (Å²) in [5.41, 5.74) is 0.205. The number of halogens is 3. The van der Waals surface area contributed by atoms with Crippen molar-refractivity contribution in [3.63, 3.8) is 0 Å². The number of rotatable bonds is 5. The molecule has 4 atom stereocenters. The van der Waals surface area contributed by atoms with Crippen LogP contribution in [-0.4, -0.2) is 40.2 Å². The van der Waals surface area contributed by atoms with Crippen molar-refractivity contribution in [1.29, 1.82) is 0 Å². The van der Waals surface area contributed by atoms with Crippen molar-refractivity contribution in [3.8, 4) is 5.75 Å². The lowest BCUT2D eigenvalue weighted by Crippen LogP contribution is -2.42. The highest BCUT2D eigenvalue weighted by Crippen LogP contribution is 2.45. The van der Waals surface area contributed by atoms with Crippen LogP contribution in [0.3, 0.4) is 0 Å². The summed E-state index contributed by atoms with van der Waals surface area (Å²) in [6, 6.07) is 5.69. The van der Waals surface area contributed by atoms with Crippen molar-refractivity contribution in [3.05, 3.63) is 54.0 Å². The van der Waals surface area contributed by atoms with Crippen molar-refractivity contribution < 1.29 is 41.8 Å². The smallest absolute Gasteiger partial charge is 0.480 e. The number of carboxylic acids is 1. The number of likely N-dealkylation sites (tertiary alicyclic amines) is 1. The summed E-state index contributed by atoms with van der Waals surface area (Å²) in [5.74, 6) is -5.08. The molecule has 2 aliphatic heterocycles. The average molecular weight is 424 g/mol. The number of alkyl halides is 3. The lowest BCUT2D eigenvalue weighted by Gasteiger charge is -2.21. The van der Waals surface area contributed by atoms with E-state index >= 15 is 0 Å². The zero-order valence-electron chi connectivity index (χ0n) is 15.1. The summed E-state index contributed by atoms with van der Waals surface area (Å²) in [4.78, 5) is 38.5. The minimum absolute atomic E-state index is 0.159. The number of carbonyl (C=O) groups excluding carboxylic acids is 2. The minimum Gasteiger partial charge on any atom is -0.480 e. The van der Waals surface area contributed by atoms with E-state index in [0.29, 0.717) is 5.76 Å². The average Bonchev–Trinajstić information content (AvgIpc) is 3.35. The van der Waals surface area contributed by atoms with Crippen LogP contribution in [0.2, 0.25) is 0 Å². The van der Waals surface area contributed by atoms with Crippen LogP contribution < -0.4 is 10.1 Å². The number of ether oxygens (including phenoxy) is 1. The molecule has 2 saturated heterocycles. The van der Waals surface area contributed by atoms with Gasteiger partial charge >= 0.3 is 12.3 Å². The second kappa shape index (κ2) is 7.17. The van der Waals surface area contributed by atoms with Crippen molar-refractivity contribution in [2.24, 2.45) is 11.8 Å². The molecule has 2 aliphatic rings. The fourth-order valence-corrected chi connectivity index (χ4v) is 4.02. The Morgan fingerprint density at radius 2 is 1.90 bits per heavy atom. The molecule has 4 rings (SSSR count). The van der Waals surface area contributed by atoms with E-state index in [-0.39, 0.29) is 12.1 Å². The highest BCUT2D eigenvalue weighted by Gasteiger charge is 2.61. The third-order valence-corrected chi connectivity index (χ3v) is 5.18. The van der Waals surface area contributed by atoms with E-state index in [2.05, 4.69) is 10.1 Å². The molecule has 2 fully saturated rings. The lowest BCUT2D eigenvalue weighted by molar-refractivity contribution is -0.274. The van der Waals surface area contributed by atoms with Crippen LogP contribution >= 0.6 is 0 Å². The molecule has 0 aliphatic carbocycles. The maximum Gasteiger partial charge on any atom is 0.573 e. The lowest BCUT2D eigenvalue weighted by atomic mass is 9.86. The number of hydrogen-bond acceptors (Lipinski definition) is 6. The van der Waals surface area contributed by atoms with Gasteiger partial charge in [0.1, 0.15) is 17.6 Å². The maximum absolute atomic E-state index is 13.0. The molecule has 0 saturated carbocycles. The number of fused-ring (bicyclic) bond motifs is 1. The van der Waals surface area contributed by atoms with Crippen LogP contribution in [0.1, 0.15) is 17.4 Å². The van der Waals surface area contributed by atoms with E-state index in [4.69, 9.17) is 4.42 Å². The van der Waals surface area contributed by atoms with Gasteiger partial charge in [0.2, 0.25) is 11.8 Å². The van der Waals surface area contributed by atoms with Gasteiger partial charge in [-0.3, -0.25) is 24.6 Å². The molecule has 4 unspecified atom stereocenters. The van der Waals surface area contributed by atoms with Gasteiger partial charge < -0.3 is 14.3 Å². The number of carboxylic acid groups (broad SMARTS) is 1. The topological polar surface area (TPSA) is 109 Å². The monoisotopic (exact) mass is 424 g/mol. The summed E-state index contributed by atoms with van der Waals surface area (Å²) in [6.45, 7) is -0.159. The molecule has 3 heterocycles. The highest BCUT2D eigenvalue weighted by molar-refractivity contribution is 6.08. The zero-order chi connectivity index (χ0) is 21.6. The van der Waals surface area contributed by atoms with E-state index in [9.17, 15) is 32.7 Å². The molecule has 158 valence electrons. The highest BCUT2D eigenvalue weighted by atomic mass is 19.4. The van der Waals surface area contributed by atoms with Crippen LogP contribution in [0.4, 0.5) is 13.2 Å². The molecule has 30 heavy (non-hydrogen) atoms. The Balaban J connectivity index is 1.67. The number of imide groups is 1. The molecule has 1 aromatic carbocycles. The molecule has 2 aromatic rings. The van der Waals surface area contributed by atoms with Gasteiger partial charge in [0, 0.05) is 6.04 Å². The summed E-state index contributed by atoms with van der Waals surface area (Å²) >= 11 is 0. The molecule has 1 aromatic heterocycles. The van der Waals surface area contributed by atoms with Gasteiger partial charge in [-0.25, -0.2) is 0 Å². The van der Waals surface area contributed by atoms with E-state index in [1.54, 1.807) is 12.1 Å². The fraction of sp³-hybridized carbons (Fsp3) is 0.316. The van der Waals surface area contributed by atoms with Gasteiger partial charge in [0.15, 0.2) is 0 Å². The SMILES string of the molecule is O=C(O)C1NC(c2cccc(OC(F)(F)F)c2)C2C(=O)N(Cc3ccco3)C(=O)C12. The Kier molecular flexibility index (Phi) is 4.77. The zero-order valence-corrected chi connectivity index (χ0v) is 15.1. The molecular formula is C19H15F3N2O6. The van der Waals surface area contributed by atoms with Crippen LogP contribution in [0.25, 0.3) is 0 Å². The number of amides is 2. The quantitative estimate of drug-likeness (QED) is 0.708. The number of hydrogen-bond donors (Lipinski definition) is 2. The number of aliphatic carboxylic acids is 1. The molecule has 11 heteroatoms. The molecule has 0 bridgehead atoms. The fourth-order valence-electron chi connectivity index (χ4n) is 4.02. The minimum atomic E-state index is -4.91. The second-order valence-electron chi connectivity index (χ2n) is 6.97. The van der Waals surface area contributed by atoms with Crippen molar-refractivity contribution in [2.45, 2.75) is 25.0 Å². The Labute approximate surface area is 167 Å². The van der Waals surface area contributed by atoms with Crippen LogP contribution in [0.15, 0.2) is 47.1 Å².